The van der Waals surface area contributed by atoms with E-state index in [9.17, 15) is 9.59 Å². The number of ether oxygens (including phenoxy) is 1. The van der Waals surface area contributed by atoms with E-state index in [2.05, 4.69) is 36.9 Å². The van der Waals surface area contributed by atoms with Crippen LogP contribution in [0.25, 0.3) is 11.1 Å². The third-order valence-electron chi connectivity index (χ3n) is 6.53. The number of nitrogens with one attached hydrogen (secondary N) is 1. The van der Waals surface area contributed by atoms with Crippen LogP contribution in [-0.2, 0) is 11.2 Å². The third kappa shape index (κ3) is 6.53. The second-order valence-corrected chi connectivity index (χ2v) is 11.0. The topological polar surface area (TPSA) is 97.0 Å². The van der Waals surface area contributed by atoms with Crippen LogP contribution in [0.15, 0.2) is 77.1 Å². The van der Waals surface area contributed by atoms with Crippen molar-refractivity contribution >= 4 is 30.1 Å². The molecule has 1 unspecified atom stereocenters. The van der Waals surface area contributed by atoms with Crippen molar-refractivity contribution in [1.82, 2.24) is 10.2 Å². The normalized spacial score (nSPS) is 18.5. The Hall–Kier alpha value is -3.84. The van der Waals surface area contributed by atoms with Crippen LogP contribution in [0.1, 0.15) is 36.7 Å². The summed E-state index contributed by atoms with van der Waals surface area (Å²) in [6.45, 7) is 11.5. The zero-order chi connectivity index (χ0) is 27.4. The third-order valence-corrected chi connectivity index (χ3v) is 6.81. The average molecular weight is 533 g/mol. The van der Waals surface area contributed by atoms with Crippen LogP contribution in [-0.4, -0.2) is 49.2 Å². The number of allylic oxidation sites excluding steroid dienone is 2. The number of aliphatic imine (C=N–C) groups is 1. The maximum Gasteiger partial charge on any atom is 0.253 e. The van der Waals surface area contributed by atoms with Crippen molar-refractivity contribution in [2.24, 2.45) is 16.1 Å². The predicted molar refractivity (Wildman–Crippen MR) is 152 cm³/mol. The summed E-state index contributed by atoms with van der Waals surface area (Å²) >= 11 is 6.56. The van der Waals surface area contributed by atoms with Crippen molar-refractivity contribution in [2.45, 2.75) is 33.3 Å². The van der Waals surface area contributed by atoms with Gasteiger partial charge in [0.15, 0.2) is 0 Å². The zero-order valence-corrected chi connectivity index (χ0v) is 22.7. The Morgan fingerprint density at radius 3 is 2.58 bits per heavy atom. The van der Waals surface area contributed by atoms with Crippen molar-refractivity contribution in [1.29, 1.82) is 0 Å². The zero-order valence-electron chi connectivity index (χ0n) is 22.0. The number of fused-ring (bicyclic) bond motifs is 1. The smallest absolute Gasteiger partial charge is 0.253 e. The molecule has 38 heavy (non-hydrogen) atoms. The molecule has 0 radical (unpaired) electrons. The summed E-state index contributed by atoms with van der Waals surface area (Å²) in [7, 11) is 0. The van der Waals surface area contributed by atoms with Gasteiger partial charge in [-0.1, -0.05) is 49.2 Å². The molecule has 0 aromatic heterocycles. The average Bonchev–Trinajstić information content (AvgIpc) is 3.31. The Balaban J connectivity index is 1.35. The molecule has 0 aliphatic carbocycles. The molecule has 2 heterocycles. The number of nitrogens with two attached hydrogens (primary N) is 1. The summed E-state index contributed by atoms with van der Waals surface area (Å²) in [5, 5.41) is 3.34. The first-order chi connectivity index (χ1) is 18.0. The van der Waals surface area contributed by atoms with Crippen LogP contribution in [0.2, 0.25) is 5.02 Å². The summed E-state index contributed by atoms with van der Waals surface area (Å²) in [5.74, 6) is 0.789. The molecule has 4 rings (SSSR count). The second-order valence-electron chi connectivity index (χ2n) is 10.5. The molecule has 2 aliphatic heterocycles. The van der Waals surface area contributed by atoms with Crippen LogP contribution >= 0.6 is 11.6 Å². The van der Waals surface area contributed by atoms with Crippen LogP contribution in [0, 0.1) is 5.41 Å². The van der Waals surface area contributed by atoms with Gasteiger partial charge in [-0.2, -0.15) is 0 Å². The van der Waals surface area contributed by atoms with E-state index < -0.39 is 0 Å². The first kappa shape index (κ1) is 27.2. The molecular formula is C30H33ClN4O3. The van der Waals surface area contributed by atoms with Gasteiger partial charge in [-0.15, -0.1) is 0 Å². The van der Waals surface area contributed by atoms with Gasteiger partial charge in [-0.05, 0) is 66.6 Å². The van der Waals surface area contributed by atoms with E-state index in [1.807, 2.05) is 42.2 Å². The Bertz CT molecular complexity index is 1330. The number of hydrogen-bond donors (Lipinski definition) is 2. The molecule has 1 fully saturated rings. The minimum Gasteiger partial charge on any atom is -0.484 e. The van der Waals surface area contributed by atoms with Crippen molar-refractivity contribution in [3.05, 3.63) is 88.2 Å². The molecule has 198 valence electrons. The fourth-order valence-electron chi connectivity index (χ4n) is 4.56. The van der Waals surface area contributed by atoms with Gasteiger partial charge < -0.3 is 20.7 Å². The van der Waals surface area contributed by atoms with E-state index in [1.165, 1.54) is 6.08 Å². The number of carbonyl (C=O) groups is 2. The minimum atomic E-state index is -0.290. The molecule has 7 nitrogen and oxygen atoms in total. The molecule has 8 heteroatoms. The fraction of sp³-hybridized carbons (Fsp3) is 0.300. The molecular weight excluding hydrogens is 500 g/mol. The van der Waals surface area contributed by atoms with Crippen molar-refractivity contribution in [2.75, 3.05) is 19.6 Å². The molecule has 1 atom stereocenters. The van der Waals surface area contributed by atoms with Gasteiger partial charge >= 0.3 is 0 Å². The lowest BCUT2D eigenvalue weighted by Gasteiger charge is -2.45. The van der Waals surface area contributed by atoms with Crippen molar-refractivity contribution in [3.8, 4) is 16.9 Å². The molecule has 3 N–H and O–H groups in total. The summed E-state index contributed by atoms with van der Waals surface area (Å²) in [5.41, 5.74) is 10.3. The SMILES string of the molecule is C=N/C(N)=C\C=C(/C)CNC(=O)/C=C/C1Cc2cc(-c3ccc(C(=O)N4CC(C)(C)C4)cc3)cc(Cl)c2O1. The number of likely N-dealkylation sites (tertiary alicyclic amines) is 1. The first-order valence-corrected chi connectivity index (χ1v) is 12.9. The quantitative estimate of drug-likeness (QED) is 0.287. The van der Waals surface area contributed by atoms with Gasteiger partial charge in [-0.25, -0.2) is 4.99 Å². The Morgan fingerprint density at radius 1 is 1.21 bits per heavy atom. The summed E-state index contributed by atoms with van der Waals surface area (Å²) in [6.07, 6.45) is 6.94. The van der Waals surface area contributed by atoms with E-state index in [0.717, 1.165) is 35.4 Å². The summed E-state index contributed by atoms with van der Waals surface area (Å²) in [6, 6.07) is 11.5. The highest BCUT2D eigenvalue weighted by molar-refractivity contribution is 6.32. The molecule has 0 spiro atoms. The largest absolute Gasteiger partial charge is 0.484 e. The maximum atomic E-state index is 12.7. The van der Waals surface area contributed by atoms with Crippen LogP contribution in [0.3, 0.4) is 0 Å². The highest BCUT2D eigenvalue weighted by atomic mass is 35.5. The van der Waals surface area contributed by atoms with Crippen molar-refractivity contribution in [3.63, 3.8) is 0 Å². The fourth-order valence-corrected chi connectivity index (χ4v) is 4.84. The van der Waals surface area contributed by atoms with Crippen LogP contribution in [0.5, 0.6) is 5.75 Å². The lowest BCUT2D eigenvalue weighted by molar-refractivity contribution is -0.116. The van der Waals surface area contributed by atoms with Gasteiger partial charge in [0.25, 0.3) is 5.91 Å². The summed E-state index contributed by atoms with van der Waals surface area (Å²) < 4.78 is 6.00. The lowest BCUT2D eigenvalue weighted by Crippen LogP contribution is -2.55. The number of nitrogens with zero attached hydrogens (tertiary/aromatic N) is 2. The standard InChI is InChI=1S/C30H33ClN4O3/c1-19(5-11-26(32)33-4)16-34-27(36)12-10-24-14-23-13-22(15-25(31)28(23)38-24)20-6-8-21(9-7-20)29(37)35-17-30(2,3)18-35/h5-13,15,24H,4,14,16-18,32H2,1-3H3,(H,34,36)/b12-10+,19-5+,26-11-. The van der Waals surface area contributed by atoms with Gasteiger partial charge in [0.05, 0.1) is 5.02 Å². The van der Waals surface area contributed by atoms with Gasteiger partial charge in [0, 0.05) is 43.3 Å². The number of halogens is 1. The van der Waals surface area contributed by atoms with Gasteiger partial charge in [-0.3, -0.25) is 9.59 Å². The molecule has 2 aromatic carbocycles. The van der Waals surface area contributed by atoms with E-state index in [-0.39, 0.29) is 23.3 Å². The van der Waals surface area contributed by atoms with Crippen molar-refractivity contribution < 1.29 is 14.3 Å². The molecule has 2 amide bonds. The Kier molecular flexibility index (Phi) is 8.07. The molecule has 1 saturated heterocycles. The number of amides is 2. The van der Waals surface area contributed by atoms with E-state index >= 15 is 0 Å². The van der Waals surface area contributed by atoms with E-state index in [1.54, 1.807) is 18.2 Å². The highest BCUT2D eigenvalue weighted by Gasteiger charge is 2.37. The van der Waals surface area contributed by atoms with Crippen LogP contribution < -0.4 is 15.8 Å². The molecule has 2 aliphatic rings. The van der Waals surface area contributed by atoms with Gasteiger partial charge in [0.2, 0.25) is 5.91 Å². The minimum absolute atomic E-state index is 0.0626. The van der Waals surface area contributed by atoms with Crippen LogP contribution in [0.4, 0.5) is 0 Å². The number of hydrogen-bond acceptors (Lipinski definition) is 5. The lowest BCUT2D eigenvalue weighted by atomic mass is 9.84. The Labute approximate surface area is 228 Å². The monoisotopic (exact) mass is 532 g/mol. The number of benzene rings is 2. The maximum absolute atomic E-state index is 12.7. The van der Waals surface area contributed by atoms with E-state index in [4.69, 9.17) is 22.1 Å². The second kappa shape index (κ2) is 11.3. The number of carbonyl (C=O) groups excluding carboxylic acids is 2. The highest BCUT2D eigenvalue weighted by Crippen LogP contribution is 2.40. The van der Waals surface area contributed by atoms with E-state index in [0.29, 0.717) is 35.1 Å². The molecule has 0 bridgehead atoms. The molecule has 2 aromatic rings. The molecule has 0 saturated carbocycles. The predicted octanol–water partition coefficient (Wildman–Crippen LogP) is 4.91. The summed E-state index contributed by atoms with van der Waals surface area (Å²) in [4.78, 5) is 30.4. The van der Waals surface area contributed by atoms with Gasteiger partial charge in [0.1, 0.15) is 17.7 Å². The number of rotatable bonds is 8. The first-order valence-electron chi connectivity index (χ1n) is 12.5. The Morgan fingerprint density at radius 2 is 1.92 bits per heavy atom.